The lowest BCUT2D eigenvalue weighted by Crippen LogP contribution is -2.13. The zero-order valence-electron chi connectivity index (χ0n) is 8.86. The number of nitrogens with two attached hydrogens (primary N) is 1. The maximum absolute atomic E-state index is 11.6. The van der Waals surface area contributed by atoms with Gasteiger partial charge in [0.25, 0.3) is 0 Å². The van der Waals surface area contributed by atoms with Gasteiger partial charge >= 0.3 is 0 Å². The monoisotopic (exact) mass is 215 g/mol. The van der Waals surface area contributed by atoms with Crippen LogP contribution >= 0.6 is 0 Å². The van der Waals surface area contributed by atoms with Crippen LogP contribution in [-0.2, 0) is 4.79 Å². The summed E-state index contributed by atoms with van der Waals surface area (Å²) < 4.78 is 0. The van der Waals surface area contributed by atoms with E-state index in [1.54, 1.807) is 18.2 Å². The van der Waals surface area contributed by atoms with E-state index in [4.69, 9.17) is 11.0 Å². The van der Waals surface area contributed by atoms with Gasteiger partial charge in [0.05, 0.1) is 11.3 Å². The summed E-state index contributed by atoms with van der Waals surface area (Å²) in [4.78, 5) is 11.6. The molecule has 1 saturated carbocycles. The third kappa shape index (κ3) is 2.51. The Morgan fingerprint density at radius 3 is 2.94 bits per heavy atom. The van der Waals surface area contributed by atoms with Gasteiger partial charge in [0.1, 0.15) is 6.07 Å². The molecular formula is C12H13N3O. The minimum Gasteiger partial charge on any atom is -0.399 e. The fourth-order valence-electron chi connectivity index (χ4n) is 1.55. The number of nitrogens with zero attached hydrogens (tertiary/aromatic N) is 1. The minimum atomic E-state index is -0.0243. The molecule has 4 heteroatoms. The largest absolute Gasteiger partial charge is 0.399 e. The molecule has 3 N–H and O–H groups in total. The Bertz CT molecular complexity index is 458. The number of hydrogen-bond acceptors (Lipinski definition) is 3. The zero-order chi connectivity index (χ0) is 11.5. The van der Waals surface area contributed by atoms with Crippen molar-refractivity contribution in [3.8, 4) is 6.07 Å². The van der Waals surface area contributed by atoms with E-state index in [-0.39, 0.29) is 5.91 Å². The molecule has 1 aliphatic carbocycles. The molecule has 1 aromatic rings. The maximum Gasteiger partial charge on any atom is 0.224 e. The van der Waals surface area contributed by atoms with Crippen LogP contribution in [0.2, 0.25) is 0 Å². The number of carbonyl (C=O) groups excluding carboxylic acids is 1. The van der Waals surface area contributed by atoms with Gasteiger partial charge in [0.15, 0.2) is 0 Å². The number of benzene rings is 1. The second kappa shape index (κ2) is 4.23. The molecule has 0 atom stereocenters. The van der Waals surface area contributed by atoms with Gasteiger partial charge in [-0.15, -0.1) is 0 Å². The number of carbonyl (C=O) groups is 1. The van der Waals surface area contributed by atoms with E-state index in [2.05, 4.69) is 5.32 Å². The lowest BCUT2D eigenvalue weighted by atomic mass is 10.1. The predicted octanol–water partition coefficient (Wildman–Crippen LogP) is 1.88. The van der Waals surface area contributed by atoms with Crippen LogP contribution in [-0.4, -0.2) is 5.91 Å². The van der Waals surface area contributed by atoms with Gasteiger partial charge in [-0.2, -0.15) is 5.26 Å². The van der Waals surface area contributed by atoms with Crippen molar-refractivity contribution >= 4 is 17.3 Å². The summed E-state index contributed by atoms with van der Waals surface area (Å²) in [5.41, 5.74) is 7.04. The Hall–Kier alpha value is -2.02. The summed E-state index contributed by atoms with van der Waals surface area (Å²) in [7, 11) is 0. The molecule has 1 aromatic carbocycles. The van der Waals surface area contributed by atoms with Crippen LogP contribution in [0.25, 0.3) is 0 Å². The van der Waals surface area contributed by atoms with E-state index >= 15 is 0 Å². The van der Waals surface area contributed by atoms with Crippen molar-refractivity contribution in [1.82, 2.24) is 0 Å². The van der Waals surface area contributed by atoms with Gasteiger partial charge in [-0.1, -0.05) is 0 Å². The molecule has 16 heavy (non-hydrogen) atoms. The molecular weight excluding hydrogens is 202 g/mol. The van der Waals surface area contributed by atoms with Gasteiger partial charge in [-0.25, -0.2) is 0 Å². The molecule has 1 aliphatic rings. The van der Waals surface area contributed by atoms with E-state index in [0.29, 0.717) is 29.3 Å². The second-order valence-corrected chi connectivity index (χ2v) is 4.11. The Morgan fingerprint density at radius 1 is 1.56 bits per heavy atom. The summed E-state index contributed by atoms with van der Waals surface area (Å²) in [5, 5.41) is 11.6. The lowest BCUT2D eigenvalue weighted by Gasteiger charge is -2.06. The number of rotatable bonds is 3. The summed E-state index contributed by atoms with van der Waals surface area (Å²) in [5.74, 6) is 0.517. The molecule has 0 saturated heterocycles. The number of nitrogen functional groups attached to an aromatic ring is 1. The van der Waals surface area contributed by atoms with Crippen LogP contribution in [0.4, 0.5) is 11.4 Å². The van der Waals surface area contributed by atoms with Crippen LogP contribution in [0.15, 0.2) is 18.2 Å². The van der Waals surface area contributed by atoms with Crippen molar-refractivity contribution in [3.05, 3.63) is 23.8 Å². The fourth-order valence-corrected chi connectivity index (χ4v) is 1.55. The lowest BCUT2D eigenvalue weighted by molar-refractivity contribution is -0.116. The zero-order valence-corrected chi connectivity index (χ0v) is 8.86. The summed E-state index contributed by atoms with van der Waals surface area (Å²) in [6.07, 6.45) is 2.83. The molecule has 0 radical (unpaired) electrons. The van der Waals surface area contributed by atoms with Crippen molar-refractivity contribution < 1.29 is 4.79 Å². The van der Waals surface area contributed by atoms with Crippen molar-refractivity contribution in [2.24, 2.45) is 5.92 Å². The fraction of sp³-hybridized carbons (Fsp3) is 0.333. The van der Waals surface area contributed by atoms with E-state index in [1.165, 1.54) is 0 Å². The third-order valence-corrected chi connectivity index (χ3v) is 2.61. The molecule has 82 valence electrons. The first-order valence-electron chi connectivity index (χ1n) is 5.28. The van der Waals surface area contributed by atoms with Crippen molar-refractivity contribution in [1.29, 1.82) is 5.26 Å². The third-order valence-electron chi connectivity index (χ3n) is 2.61. The van der Waals surface area contributed by atoms with Crippen molar-refractivity contribution in [2.45, 2.75) is 19.3 Å². The first-order valence-corrected chi connectivity index (χ1v) is 5.28. The van der Waals surface area contributed by atoms with Gasteiger partial charge < -0.3 is 11.1 Å². The average Bonchev–Trinajstić information content (AvgIpc) is 3.04. The number of nitriles is 1. The summed E-state index contributed by atoms with van der Waals surface area (Å²) in [6, 6.07) is 6.92. The van der Waals surface area contributed by atoms with E-state index in [1.807, 2.05) is 6.07 Å². The van der Waals surface area contributed by atoms with E-state index in [0.717, 1.165) is 12.8 Å². The van der Waals surface area contributed by atoms with Crippen LogP contribution in [0, 0.1) is 17.2 Å². The number of amides is 1. The Morgan fingerprint density at radius 2 is 2.31 bits per heavy atom. The van der Waals surface area contributed by atoms with Crippen LogP contribution in [0.3, 0.4) is 0 Å². The topological polar surface area (TPSA) is 78.9 Å². The highest BCUT2D eigenvalue weighted by atomic mass is 16.1. The molecule has 1 fully saturated rings. The van der Waals surface area contributed by atoms with Crippen LogP contribution in [0.1, 0.15) is 24.8 Å². The van der Waals surface area contributed by atoms with Gasteiger partial charge in [-0.05, 0) is 37.0 Å². The van der Waals surface area contributed by atoms with E-state index < -0.39 is 0 Å². The SMILES string of the molecule is N#Cc1cc(N)ccc1NC(=O)CC1CC1. The van der Waals surface area contributed by atoms with Gasteiger partial charge in [0.2, 0.25) is 5.91 Å². The summed E-state index contributed by atoms with van der Waals surface area (Å²) >= 11 is 0. The van der Waals surface area contributed by atoms with Gasteiger partial charge in [0, 0.05) is 12.1 Å². The molecule has 1 amide bonds. The maximum atomic E-state index is 11.6. The van der Waals surface area contributed by atoms with Crippen LogP contribution < -0.4 is 11.1 Å². The highest BCUT2D eigenvalue weighted by Gasteiger charge is 2.24. The highest BCUT2D eigenvalue weighted by Crippen LogP contribution is 2.32. The number of hydrogen-bond donors (Lipinski definition) is 2. The highest BCUT2D eigenvalue weighted by molar-refractivity contribution is 5.92. The molecule has 0 bridgehead atoms. The van der Waals surface area contributed by atoms with Crippen LogP contribution in [0.5, 0.6) is 0 Å². The van der Waals surface area contributed by atoms with Gasteiger partial charge in [-0.3, -0.25) is 4.79 Å². The molecule has 0 aromatic heterocycles. The predicted molar refractivity (Wildman–Crippen MR) is 61.5 cm³/mol. The quantitative estimate of drug-likeness (QED) is 0.755. The smallest absolute Gasteiger partial charge is 0.224 e. The Balaban J connectivity index is 2.08. The molecule has 0 spiro atoms. The number of nitrogens with one attached hydrogen (secondary N) is 1. The second-order valence-electron chi connectivity index (χ2n) is 4.11. The standard InChI is InChI=1S/C12H13N3O/c13-7-9-6-10(14)3-4-11(9)15-12(16)5-8-1-2-8/h3-4,6,8H,1-2,5,14H2,(H,15,16). The molecule has 0 unspecified atom stereocenters. The first kappa shape index (κ1) is 10.5. The average molecular weight is 215 g/mol. The summed E-state index contributed by atoms with van der Waals surface area (Å²) in [6.45, 7) is 0. The first-order chi connectivity index (χ1) is 7.69. The Kier molecular flexibility index (Phi) is 2.78. The molecule has 4 nitrogen and oxygen atoms in total. The molecule has 0 aliphatic heterocycles. The van der Waals surface area contributed by atoms with E-state index in [9.17, 15) is 4.79 Å². The van der Waals surface area contributed by atoms with Crippen molar-refractivity contribution in [2.75, 3.05) is 11.1 Å². The van der Waals surface area contributed by atoms with Crippen molar-refractivity contribution in [3.63, 3.8) is 0 Å². The molecule has 0 heterocycles. The minimum absolute atomic E-state index is 0.0243. The molecule has 2 rings (SSSR count). The Labute approximate surface area is 94.1 Å². The normalized spacial score (nSPS) is 14.2. The number of anilines is 2.